The van der Waals surface area contributed by atoms with E-state index in [1.807, 2.05) is 20.8 Å². The molecule has 3 unspecified atom stereocenters. The molecule has 40 heavy (non-hydrogen) atoms. The number of esters is 2. The summed E-state index contributed by atoms with van der Waals surface area (Å²) in [5.41, 5.74) is 5.93. The molecule has 0 saturated carbocycles. The number of hydrogen-bond donors (Lipinski definition) is 1. The lowest BCUT2D eigenvalue weighted by Crippen LogP contribution is -2.40. The van der Waals surface area contributed by atoms with Crippen molar-refractivity contribution in [1.29, 1.82) is 0 Å². The van der Waals surface area contributed by atoms with Crippen LogP contribution in [-0.2, 0) is 35.0 Å². The van der Waals surface area contributed by atoms with E-state index in [2.05, 4.69) is 0 Å². The second-order valence-corrected chi connectivity index (χ2v) is 10.5. The Hall–Kier alpha value is -3.34. The second-order valence-electron chi connectivity index (χ2n) is 10.5. The Balaban J connectivity index is 2.98. The lowest BCUT2D eigenvalue weighted by molar-refractivity contribution is -0.172. The summed E-state index contributed by atoms with van der Waals surface area (Å²) in [5, 5.41) is 0. The van der Waals surface area contributed by atoms with E-state index in [-0.39, 0.29) is 30.0 Å². The van der Waals surface area contributed by atoms with E-state index in [0.29, 0.717) is 24.8 Å². The molecule has 0 aliphatic rings. The maximum absolute atomic E-state index is 12.7. The summed E-state index contributed by atoms with van der Waals surface area (Å²) < 4.78 is 31.7. The van der Waals surface area contributed by atoms with Gasteiger partial charge in [-0.05, 0) is 84.9 Å². The van der Waals surface area contributed by atoms with E-state index in [4.69, 9.17) is 34.2 Å². The molecule has 1 aromatic rings. The van der Waals surface area contributed by atoms with Crippen molar-refractivity contribution in [1.82, 2.24) is 0 Å². The minimum Gasteiger partial charge on any atom is -0.458 e. The fraction of sp³-hybridized carbons (Fsp3) is 0.655. The lowest BCUT2D eigenvalue weighted by Gasteiger charge is -2.27. The van der Waals surface area contributed by atoms with Crippen LogP contribution in [0, 0.1) is 5.41 Å². The molecule has 1 aromatic carbocycles. The van der Waals surface area contributed by atoms with Crippen LogP contribution in [-0.4, -0.2) is 54.7 Å². The Morgan fingerprint density at radius 3 is 1.77 bits per heavy atom. The molecular formula is C29H45NO10. The minimum atomic E-state index is -1.08. The largest absolute Gasteiger partial charge is 0.514 e. The molecule has 0 aliphatic carbocycles. The number of rotatable bonds is 14. The second kappa shape index (κ2) is 16.1. The summed E-state index contributed by atoms with van der Waals surface area (Å²) in [4.78, 5) is 49.5. The Labute approximate surface area is 236 Å². The molecule has 11 heteroatoms. The summed E-state index contributed by atoms with van der Waals surface area (Å²) in [5.74, 6) is -1.28. The Morgan fingerprint density at radius 1 is 0.775 bits per heavy atom. The first-order chi connectivity index (χ1) is 18.6. The normalized spacial score (nSPS) is 15.1. The maximum atomic E-state index is 12.7. The van der Waals surface area contributed by atoms with Crippen LogP contribution >= 0.6 is 0 Å². The summed E-state index contributed by atoms with van der Waals surface area (Å²) in [6.45, 7) is 15.8. The number of carbonyl (C=O) groups excluding carboxylic acids is 4. The number of carbonyl (C=O) groups is 4. The van der Waals surface area contributed by atoms with E-state index >= 15 is 0 Å². The van der Waals surface area contributed by atoms with Crippen LogP contribution < -0.4 is 15.2 Å². The van der Waals surface area contributed by atoms with E-state index in [9.17, 15) is 19.2 Å². The van der Waals surface area contributed by atoms with Crippen molar-refractivity contribution in [2.45, 2.75) is 118 Å². The van der Waals surface area contributed by atoms with Gasteiger partial charge in [-0.3, -0.25) is 9.59 Å². The number of ether oxygens (including phenoxy) is 6. The highest BCUT2D eigenvalue weighted by Gasteiger charge is 2.31. The van der Waals surface area contributed by atoms with Gasteiger partial charge in [0.15, 0.2) is 11.5 Å². The number of hydrogen-bond acceptors (Lipinski definition) is 11. The predicted octanol–water partition coefficient (Wildman–Crippen LogP) is 5.48. The van der Waals surface area contributed by atoms with Crippen LogP contribution in [0.1, 0.15) is 87.1 Å². The SMILES string of the molecule is CCC(C)OC(=O)Oc1cc(C[C@H](N)C(=O)OC(C)C(C)OC(=O)C(C)(C)CC)ccc1OC(=O)O[C@@H](C)CC. The van der Waals surface area contributed by atoms with E-state index in [0.717, 1.165) is 0 Å². The van der Waals surface area contributed by atoms with Crippen molar-refractivity contribution >= 4 is 24.2 Å². The molecule has 1 rings (SSSR count). The van der Waals surface area contributed by atoms with Gasteiger partial charge in [-0.2, -0.15) is 0 Å². The molecular weight excluding hydrogens is 522 g/mol. The molecule has 0 bridgehead atoms. The third kappa shape index (κ3) is 11.4. The van der Waals surface area contributed by atoms with Crippen molar-refractivity contribution < 1.29 is 47.6 Å². The minimum absolute atomic E-state index is 0.0109. The molecule has 0 saturated heterocycles. The molecule has 226 valence electrons. The molecule has 0 fully saturated rings. The first-order valence-electron chi connectivity index (χ1n) is 13.7. The molecule has 11 nitrogen and oxygen atoms in total. The topological polar surface area (TPSA) is 150 Å². The predicted molar refractivity (Wildman–Crippen MR) is 147 cm³/mol. The zero-order chi connectivity index (χ0) is 30.6. The van der Waals surface area contributed by atoms with Gasteiger partial charge in [0.1, 0.15) is 30.5 Å². The zero-order valence-corrected chi connectivity index (χ0v) is 25.1. The molecule has 0 aromatic heterocycles. The van der Waals surface area contributed by atoms with Crippen LogP contribution in [0.3, 0.4) is 0 Å². The highest BCUT2D eigenvalue weighted by atomic mass is 16.7. The van der Waals surface area contributed by atoms with Gasteiger partial charge < -0.3 is 34.2 Å². The highest BCUT2D eigenvalue weighted by molar-refractivity contribution is 5.77. The third-order valence-electron chi connectivity index (χ3n) is 6.59. The Bertz CT molecular complexity index is 1010. The van der Waals surface area contributed by atoms with E-state index in [1.165, 1.54) is 12.1 Å². The molecule has 0 spiro atoms. The molecule has 5 atom stereocenters. The van der Waals surface area contributed by atoms with Crippen LogP contribution in [0.25, 0.3) is 0 Å². The van der Waals surface area contributed by atoms with Gasteiger partial charge >= 0.3 is 24.2 Å². The zero-order valence-electron chi connectivity index (χ0n) is 25.1. The first-order valence-corrected chi connectivity index (χ1v) is 13.7. The average molecular weight is 568 g/mol. The molecule has 0 amide bonds. The average Bonchev–Trinajstić information content (AvgIpc) is 2.89. The van der Waals surface area contributed by atoms with E-state index in [1.54, 1.807) is 47.6 Å². The van der Waals surface area contributed by atoms with Crippen LogP contribution in [0.4, 0.5) is 9.59 Å². The smallest absolute Gasteiger partial charge is 0.458 e. The summed E-state index contributed by atoms with van der Waals surface area (Å²) in [6.07, 6.45) is -2.37. The lowest BCUT2D eigenvalue weighted by atomic mass is 9.90. The summed E-state index contributed by atoms with van der Waals surface area (Å²) in [6, 6.07) is 3.29. The summed E-state index contributed by atoms with van der Waals surface area (Å²) >= 11 is 0. The van der Waals surface area contributed by atoms with Crippen LogP contribution in [0.15, 0.2) is 18.2 Å². The molecule has 0 heterocycles. The third-order valence-corrected chi connectivity index (χ3v) is 6.59. The molecule has 0 aliphatic heterocycles. The Kier molecular flexibility index (Phi) is 13.9. The number of benzene rings is 1. The van der Waals surface area contributed by atoms with Gasteiger partial charge in [-0.15, -0.1) is 0 Å². The van der Waals surface area contributed by atoms with Gasteiger partial charge in [0.2, 0.25) is 0 Å². The van der Waals surface area contributed by atoms with Crippen molar-refractivity contribution in [3.05, 3.63) is 23.8 Å². The van der Waals surface area contributed by atoms with Crippen molar-refractivity contribution in [3.63, 3.8) is 0 Å². The highest BCUT2D eigenvalue weighted by Crippen LogP contribution is 2.30. The fourth-order valence-electron chi connectivity index (χ4n) is 2.84. The molecule has 2 N–H and O–H groups in total. The fourth-order valence-corrected chi connectivity index (χ4v) is 2.84. The monoisotopic (exact) mass is 567 g/mol. The quantitative estimate of drug-likeness (QED) is 0.173. The van der Waals surface area contributed by atoms with Crippen molar-refractivity contribution in [3.8, 4) is 11.5 Å². The van der Waals surface area contributed by atoms with Crippen molar-refractivity contribution in [2.75, 3.05) is 0 Å². The standard InChI is InChI=1S/C29H45NO10/c1-10-17(4)35-27(33)39-23-14-13-21(16-24(23)40-28(34)36-18(5)11-2)15-22(30)25(31)37-19(6)20(7)38-26(32)29(8,9)12-3/h13-14,16-20,22H,10-12,15,30H2,1-9H3/t17-,18?,19?,20?,22-/m0/s1. The van der Waals surface area contributed by atoms with Gasteiger partial charge in [0, 0.05) is 0 Å². The van der Waals surface area contributed by atoms with Crippen LogP contribution in [0.2, 0.25) is 0 Å². The van der Waals surface area contributed by atoms with Crippen LogP contribution in [0.5, 0.6) is 11.5 Å². The first kappa shape index (κ1) is 34.7. The van der Waals surface area contributed by atoms with Gasteiger partial charge in [0.05, 0.1) is 5.41 Å². The Morgan fingerprint density at radius 2 is 1.27 bits per heavy atom. The van der Waals surface area contributed by atoms with Crippen molar-refractivity contribution in [2.24, 2.45) is 11.1 Å². The number of nitrogens with two attached hydrogens (primary N) is 1. The van der Waals surface area contributed by atoms with Gasteiger partial charge in [-0.25, -0.2) is 9.59 Å². The van der Waals surface area contributed by atoms with Gasteiger partial charge in [-0.1, -0.05) is 26.8 Å². The van der Waals surface area contributed by atoms with Gasteiger partial charge in [0.25, 0.3) is 0 Å². The molecule has 0 radical (unpaired) electrons. The maximum Gasteiger partial charge on any atom is 0.514 e. The summed E-state index contributed by atoms with van der Waals surface area (Å²) in [7, 11) is 0. The van der Waals surface area contributed by atoms with E-state index < -0.39 is 48.0 Å².